The van der Waals surface area contributed by atoms with Gasteiger partial charge in [-0.15, -0.1) is 0 Å². The average Bonchev–Trinajstić information content (AvgIpc) is 3.17. The Morgan fingerprint density at radius 3 is 2.43 bits per heavy atom. The van der Waals surface area contributed by atoms with Gasteiger partial charge in [0.05, 0.1) is 24.4 Å². The summed E-state index contributed by atoms with van der Waals surface area (Å²) in [6.45, 7) is 9.95. The van der Waals surface area contributed by atoms with Crippen molar-refractivity contribution < 1.29 is 14.2 Å². The summed E-state index contributed by atoms with van der Waals surface area (Å²) in [6.07, 6.45) is 7.07. The molecule has 0 aromatic heterocycles. The van der Waals surface area contributed by atoms with Gasteiger partial charge in [0.15, 0.2) is 0 Å². The zero-order chi connectivity index (χ0) is 15.7. The molecule has 0 aromatic carbocycles. The molecule has 122 valence electrons. The Hall–Kier alpha value is -0.380. The number of hydrogen-bond donors (Lipinski definition) is 0. The molecule has 2 aliphatic rings. The third-order valence-electron chi connectivity index (χ3n) is 5.39. The predicted molar refractivity (Wildman–Crippen MR) is 85.4 cm³/mol. The lowest BCUT2D eigenvalue weighted by atomic mass is 9.61. The first kappa shape index (κ1) is 17.0. The van der Waals surface area contributed by atoms with Crippen LogP contribution < -0.4 is 0 Å². The van der Waals surface area contributed by atoms with E-state index in [-0.39, 0.29) is 23.2 Å². The lowest BCUT2D eigenvalue weighted by molar-refractivity contribution is -0.142. The second kappa shape index (κ2) is 6.39. The number of methoxy groups -OCH3 is 2. The monoisotopic (exact) mass is 296 g/mol. The van der Waals surface area contributed by atoms with Gasteiger partial charge in [-0.2, -0.15) is 0 Å². The minimum atomic E-state index is 0.0458. The van der Waals surface area contributed by atoms with Crippen LogP contribution in [0.25, 0.3) is 0 Å². The van der Waals surface area contributed by atoms with Crippen molar-refractivity contribution in [1.29, 1.82) is 0 Å². The lowest BCUT2D eigenvalue weighted by Gasteiger charge is -2.48. The summed E-state index contributed by atoms with van der Waals surface area (Å²) in [5.41, 5.74) is 1.62. The molecule has 0 bridgehead atoms. The van der Waals surface area contributed by atoms with Crippen LogP contribution >= 0.6 is 0 Å². The van der Waals surface area contributed by atoms with Gasteiger partial charge < -0.3 is 14.2 Å². The van der Waals surface area contributed by atoms with Crippen molar-refractivity contribution >= 4 is 0 Å². The highest BCUT2D eigenvalue weighted by atomic mass is 16.6. The molecule has 3 nitrogen and oxygen atoms in total. The van der Waals surface area contributed by atoms with Gasteiger partial charge in [0.2, 0.25) is 0 Å². The van der Waals surface area contributed by atoms with Gasteiger partial charge in [-0.05, 0) is 44.9 Å². The molecule has 3 heteroatoms. The maximum Gasteiger partial charge on any atom is 0.0976 e. The summed E-state index contributed by atoms with van der Waals surface area (Å²) in [5.74, 6) is 0.402. The topological polar surface area (TPSA) is 31.0 Å². The van der Waals surface area contributed by atoms with Crippen molar-refractivity contribution in [3.63, 3.8) is 0 Å². The molecule has 1 aliphatic heterocycles. The smallest absolute Gasteiger partial charge is 0.0976 e. The van der Waals surface area contributed by atoms with Crippen LogP contribution in [0.1, 0.15) is 53.4 Å². The summed E-state index contributed by atoms with van der Waals surface area (Å²) >= 11 is 0. The predicted octanol–water partition coefficient (Wildman–Crippen LogP) is 3.97. The fourth-order valence-electron chi connectivity index (χ4n) is 4.22. The van der Waals surface area contributed by atoms with Crippen molar-refractivity contribution in [3.05, 3.63) is 11.6 Å². The van der Waals surface area contributed by atoms with E-state index in [4.69, 9.17) is 14.2 Å². The molecule has 0 N–H and O–H groups in total. The highest BCUT2D eigenvalue weighted by molar-refractivity contribution is 5.11. The van der Waals surface area contributed by atoms with Crippen molar-refractivity contribution in [2.24, 2.45) is 11.3 Å². The van der Waals surface area contributed by atoms with E-state index >= 15 is 0 Å². The third kappa shape index (κ3) is 3.52. The molecule has 1 heterocycles. The van der Waals surface area contributed by atoms with Gasteiger partial charge in [-0.1, -0.05) is 25.5 Å². The zero-order valence-electron chi connectivity index (χ0n) is 14.6. The summed E-state index contributed by atoms with van der Waals surface area (Å²) in [7, 11) is 3.62. The van der Waals surface area contributed by atoms with Crippen LogP contribution in [-0.4, -0.2) is 38.6 Å². The fourth-order valence-corrected chi connectivity index (χ4v) is 4.22. The summed E-state index contributed by atoms with van der Waals surface area (Å²) in [5, 5.41) is 0. The molecule has 2 fully saturated rings. The maximum atomic E-state index is 5.94. The minimum absolute atomic E-state index is 0.0458. The van der Waals surface area contributed by atoms with E-state index < -0.39 is 0 Å². The van der Waals surface area contributed by atoms with E-state index in [1.165, 1.54) is 5.57 Å². The van der Waals surface area contributed by atoms with Crippen molar-refractivity contribution in [2.75, 3.05) is 20.8 Å². The minimum Gasteiger partial charge on any atom is -0.379 e. The molecule has 1 aliphatic carbocycles. The first-order valence-corrected chi connectivity index (χ1v) is 8.19. The van der Waals surface area contributed by atoms with Gasteiger partial charge in [0.25, 0.3) is 0 Å². The van der Waals surface area contributed by atoms with E-state index in [0.717, 1.165) is 32.3 Å². The van der Waals surface area contributed by atoms with Gasteiger partial charge in [0.1, 0.15) is 0 Å². The summed E-state index contributed by atoms with van der Waals surface area (Å²) in [6, 6.07) is 0. The van der Waals surface area contributed by atoms with Gasteiger partial charge >= 0.3 is 0 Å². The quantitative estimate of drug-likeness (QED) is 0.549. The molecule has 1 saturated heterocycles. The van der Waals surface area contributed by atoms with Crippen LogP contribution in [0.5, 0.6) is 0 Å². The van der Waals surface area contributed by atoms with Crippen LogP contribution in [-0.2, 0) is 14.2 Å². The third-order valence-corrected chi connectivity index (χ3v) is 5.39. The Labute approximate surface area is 130 Å². The van der Waals surface area contributed by atoms with E-state index in [1.807, 2.05) is 7.11 Å². The van der Waals surface area contributed by atoms with Gasteiger partial charge in [-0.25, -0.2) is 0 Å². The number of hydrogen-bond acceptors (Lipinski definition) is 3. The van der Waals surface area contributed by atoms with Crippen LogP contribution in [0.3, 0.4) is 0 Å². The molecular weight excluding hydrogens is 264 g/mol. The van der Waals surface area contributed by atoms with Crippen molar-refractivity contribution in [3.8, 4) is 0 Å². The second-order valence-corrected chi connectivity index (χ2v) is 7.65. The Kier molecular flexibility index (Phi) is 5.17. The molecule has 4 atom stereocenters. The Morgan fingerprint density at radius 2 is 1.95 bits per heavy atom. The summed E-state index contributed by atoms with van der Waals surface area (Å²) < 4.78 is 17.5. The van der Waals surface area contributed by atoms with E-state index in [1.54, 1.807) is 7.11 Å². The lowest BCUT2D eigenvalue weighted by Crippen LogP contribution is -2.54. The molecule has 0 amide bonds. The Morgan fingerprint density at radius 1 is 1.29 bits per heavy atom. The fraction of sp³-hybridized carbons (Fsp3) is 0.889. The average molecular weight is 296 g/mol. The Balaban J connectivity index is 2.17. The van der Waals surface area contributed by atoms with Crippen LogP contribution in [0.2, 0.25) is 0 Å². The molecule has 21 heavy (non-hydrogen) atoms. The molecule has 2 rings (SSSR count). The van der Waals surface area contributed by atoms with Crippen molar-refractivity contribution in [1.82, 2.24) is 0 Å². The highest BCUT2D eigenvalue weighted by Gasteiger charge is 2.62. The van der Waals surface area contributed by atoms with E-state index in [2.05, 4.69) is 33.8 Å². The zero-order valence-corrected chi connectivity index (χ0v) is 14.6. The largest absolute Gasteiger partial charge is 0.379 e. The van der Waals surface area contributed by atoms with Crippen LogP contribution in [0.15, 0.2) is 11.6 Å². The van der Waals surface area contributed by atoms with Gasteiger partial charge in [-0.3, -0.25) is 0 Å². The highest BCUT2D eigenvalue weighted by Crippen LogP contribution is 2.55. The number of allylic oxidation sites excluding steroid dienone is 2. The van der Waals surface area contributed by atoms with Crippen LogP contribution in [0, 0.1) is 11.3 Å². The number of ether oxygens (including phenoxy) is 3. The first-order valence-electron chi connectivity index (χ1n) is 8.19. The van der Waals surface area contributed by atoms with Crippen molar-refractivity contribution in [2.45, 2.75) is 71.2 Å². The summed E-state index contributed by atoms with van der Waals surface area (Å²) in [4.78, 5) is 0. The maximum absolute atomic E-state index is 5.94. The normalized spacial score (nSPS) is 35.8. The molecule has 0 radical (unpaired) electrons. The van der Waals surface area contributed by atoms with E-state index in [9.17, 15) is 0 Å². The van der Waals surface area contributed by atoms with E-state index in [0.29, 0.717) is 5.92 Å². The second-order valence-electron chi connectivity index (χ2n) is 7.65. The van der Waals surface area contributed by atoms with Crippen LogP contribution in [0.4, 0.5) is 0 Å². The molecule has 1 spiro atoms. The van der Waals surface area contributed by atoms with Gasteiger partial charge in [0, 0.05) is 20.1 Å². The number of epoxide rings is 1. The molecule has 0 aromatic rings. The molecular formula is C18H32O3. The molecule has 3 unspecified atom stereocenters. The first-order chi connectivity index (χ1) is 9.86. The molecule has 1 saturated carbocycles. The number of rotatable bonds is 6. The standard InChI is InChI=1S/C18H32O3/c1-13(2)8-7-10-17(3,4)16-15(20-6)14(19-5)9-11-18(16)12-21-18/h8,14-16H,7,9-12H2,1-6H3/t14?,15?,16?,18-/m0/s1. The Bertz CT molecular complexity index is 378. The SMILES string of the molecule is COC1CC[C@]2(CO2)C(C(C)(C)CCC=C(C)C)C1OC.